The first-order valence-electron chi connectivity index (χ1n) is 12.5. The van der Waals surface area contributed by atoms with E-state index in [1.807, 2.05) is 18.2 Å². The third-order valence-corrected chi connectivity index (χ3v) is 6.57. The van der Waals surface area contributed by atoms with E-state index in [2.05, 4.69) is 15.1 Å². The Kier molecular flexibility index (Phi) is 11.1. The summed E-state index contributed by atoms with van der Waals surface area (Å²) < 4.78 is 11.4. The molecule has 0 amide bonds. The van der Waals surface area contributed by atoms with Gasteiger partial charge in [-0.15, -0.1) is 0 Å². The lowest BCUT2D eigenvalue weighted by atomic mass is 10.1. The summed E-state index contributed by atoms with van der Waals surface area (Å²) in [5.74, 6) is 1.38. The highest BCUT2D eigenvalue weighted by Gasteiger charge is 2.17. The fourth-order valence-electron chi connectivity index (χ4n) is 4.59. The molecular formula is C25H43N3O4. The summed E-state index contributed by atoms with van der Waals surface area (Å²) in [5, 5.41) is 23.6. The number of methoxy groups -OCH3 is 1. The molecular weight excluding hydrogens is 406 g/mol. The quantitative estimate of drug-likeness (QED) is 0.447. The summed E-state index contributed by atoms with van der Waals surface area (Å²) in [5.41, 5.74) is 1.13. The van der Waals surface area contributed by atoms with Gasteiger partial charge in [-0.2, -0.15) is 0 Å². The lowest BCUT2D eigenvalue weighted by Crippen LogP contribution is -2.39. The fraction of sp³-hybridized carbons (Fsp3) is 0.760. The van der Waals surface area contributed by atoms with Crippen molar-refractivity contribution < 1.29 is 19.7 Å². The minimum Gasteiger partial charge on any atom is -0.493 e. The molecule has 1 aromatic carbocycles. The minimum atomic E-state index is -0.510. The number of piperidine rings is 1. The average Bonchev–Trinajstić information content (AvgIpc) is 2.78. The molecule has 3 rings (SSSR count). The second kappa shape index (κ2) is 14.0. The highest BCUT2D eigenvalue weighted by atomic mass is 16.5. The Bertz CT molecular complexity index is 644. The molecule has 7 nitrogen and oxygen atoms in total. The van der Waals surface area contributed by atoms with Gasteiger partial charge in [-0.25, -0.2) is 0 Å². The Morgan fingerprint density at radius 3 is 2.44 bits per heavy atom. The summed E-state index contributed by atoms with van der Waals surface area (Å²) >= 11 is 0. The van der Waals surface area contributed by atoms with Gasteiger partial charge in [0.1, 0.15) is 12.7 Å². The fourth-order valence-corrected chi connectivity index (χ4v) is 4.59. The zero-order chi connectivity index (χ0) is 22.6. The maximum atomic E-state index is 10.5. The lowest BCUT2D eigenvalue weighted by Gasteiger charge is -2.29. The molecule has 2 aliphatic heterocycles. The van der Waals surface area contributed by atoms with Gasteiger partial charge < -0.3 is 34.8 Å². The van der Waals surface area contributed by atoms with Crippen LogP contribution >= 0.6 is 0 Å². The van der Waals surface area contributed by atoms with Gasteiger partial charge in [0, 0.05) is 39.3 Å². The molecule has 0 saturated carbocycles. The van der Waals surface area contributed by atoms with Crippen LogP contribution in [0.25, 0.3) is 0 Å². The number of likely N-dealkylation sites (tertiary alicyclic amines) is 2. The van der Waals surface area contributed by atoms with E-state index in [0.717, 1.165) is 64.2 Å². The maximum Gasteiger partial charge on any atom is 0.161 e. The van der Waals surface area contributed by atoms with E-state index < -0.39 is 6.10 Å². The molecule has 3 N–H and O–H groups in total. The van der Waals surface area contributed by atoms with Crippen LogP contribution < -0.4 is 14.8 Å². The molecule has 2 aliphatic rings. The number of aliphatic hydroxyl groups excluding tert-OH is 2. The van der Waals surface area contributed by atoms with Crippen LogP contribution in [-0.4, -0.2) is 91.8 Å². The van der Waals surface area contributed by atoms with Crippen LogP contribution in [0.2, 0.25) is 0 Å². The van der Waals surface area contributed by atoms with Crippen LogP contribution in [0.5, 0.6) is 11.5 Å². The van der Waals surface area contributed by atoms with Gasteiger partial charge in [-0.3, -0.25) is 0 Å². The third kappa shape index (κ3) is 8.87. The molecule has 0 radical (unpaired) electrons. The molecule has 1 unspecified atom stereocenters. The normalized spacial score (nSPS) is 20.5. The minimum absolute atomic E-state index is 0.121. The number of β-amino-alcohol motifs (C(OH)–C–C–N with tert-alkyl or cyclic N) is 1. The van der Waals surface area contributed by atoms with Crippen molar-refractivity contribution in [3.8, 4) is 11.5 Å². The summed E-state index contributed by atoms with van der Waals surface area (Å²) in [6.07, 6.45) is 7.49. The Balaban J connectivity index is 1.41. The second-order valence-corrected chi connectivity index (χ2v) is 9.27. The number of hydrogen-bond donors (Lipinski definition) is 3. The zero-order valence-corrected chi connectivity index (χ0v) is 19.8. The maximum absolute atomic E-state index is 10.5. The van der Waals surface area contributed by atoms with Crippen LogP contribution in [0.1, 0.15) is 50.5 Å². The van der Waals surface area contributed by atoms with E-state index >= 15 is 0 Å². The standard InChI is InChI=1S/C25H43N3O4/c1-31-24-8-7-21(18-26-11-16-27-14-9-22(29)10-15-27)17-25(24)32-20-23(30)19-28-12-5-3-2-4-6-13-28/h7-8,17,22-23,26,29-30H,2-6,9-16,18-20H2,1H3. The molecule has 2 fully saturated rings. The van der Waals surface area contributed by atoms with Crippen LogP contribution in [0.15, 0.2) is 18.2 Å². The summed E-state index contributed by atoms with van der Waals surface area (Å²) in [6, 6.07) is 5.99. The number of hydrogen-bond acceptors (Lipinski definition) is 7. The first kappa shape index (κ1) is 25.2. The molecule has 0 bridgehead atoms. The van der Waals surface area contributed by atoms with Crippen molar-refractivity contribution >= 4 is 0 Å². The topological polar surface area (TPSA) is 77.4 Å². The Labute approximate surface area is 193 Å². The highest BCUT2D eigenvalue weighted by Crippen LogP contribution is 2.28. The molecule has 7 heteroatoms. The lowest BCUT2D eigenvalue weighted by molar-refractivity contribution is 0.0644. The van der Waals surface area contributed by atoms with E-state index in [-0.39, 0.29) is 12.7 Å². The summed E-state index contributed by atoms with van der Waals surface area (Å²) in [4.78, 5) is 4.77. The predicted octanol–water partition coefficient (Wildman–Crippen LogP) is 2.25. The molecule has 32 heavy (non-hydrogen) atoms. The summed E-state index contributed by atoms with van der Waals surface area (Å²) in [7, 11) is 1.65. The van der Waals surface area contributed by atoms with Gasteiger partial charge in [-0.1, -0.05) is 25.3 Å². The van der Waals surface area contributed by atoms with Gasteiger partial charge >= 0.3 is 0 Å². The van der Waals surface area contributed by atoms with Crippen molar-refractivity contribution in [2.24, 2.45) is 0 Å². The largest absolute Gasteiger partial charge is 0.493 e. The Morgan fingerprint density at radius 2 is 1.72 bits per heavy atom. The van der Waals surface area contributed by atoms with Gasteiger partial charge in [0.05, 0.1) is 13.2 Å². The highest BCUT2D eigenvalue weighted by molar-refractivity contribution is 5.43. The number of nitrogens with one attached hydrogen (secondary N) is 1. The van der Waals surface area contributed by atoms with Crippen LogP contribution in [-0.2, 0) is 6.54 Å². The van der Waals surface area contributed by atoms with E-state index in [1.165, 1.54) is 32.1 Å². The Hall–Kier alpha value is -1.38. The van der Waals surface area contributed by atoms with Crippen molar-refractivity contribution in [2.45, 2.75) is 63.7 Å². The van der Waals surface area contributed by atoms with Gasteiger partial charge in [0.15, 0.2) is 11.5 Å². The molecule has 1 aromatic rings. The van der Waals surface area contributed by atoms with Crippen molar-refractivity contribution in [3.05, 3.63) is 23.8 Å². The monoisotopic (exact) mass is 449 g/mol. The number of nitrogens with zero attached hydrogens (tertiary/aromatic N) is 2. The molecule has 0 aliphatic carbocycles. The van der Waals surface area contributed by atoms with Crippen molar-refractivity contribution in [2.75, 3.05) is 59.5 Å². The molecule has 0 spiro atoms. The zero-order valence-electron chi connectivity index (χ0n) is 19.8. The van der Waals surface area contributed by atoms with Crippen molar-refractivity contribution in [1.29, 1.82) is 0 Å². The number of rotatable bonds is 11. The van der Waals surface area contributed by atoms with E-state index in [9.17, 15) is 10.2 Å². The SMILES string of the molecule is COc1ccc(CNCCN2CCC(O)CC2)cc1OCC(O)CN1CCCCCCC1. The van der Waals surface area contributed by atoms with E-state index in [1.54, 1.807) is 7.11 Å². The third-order valence-electron chi connectivity index (χ3n) is 6.57. The van der Waals surface area contributed by atoms with Crippen molar-refractivity contribution in [3.63, 3.8) is 0 Å². The average molecular weight is 450 g/mol. The molecule has 182 valence electrons. The molecule has 2 heterocycles. The number of aliphatic hydroxyl groups is 2. The van der Waals surface area contributed by atoms with Gasteiger partial charge in [-0.05, 0) is 56.5 Å². The second-order valence-electron chi connectivity index (χ2n) is 9.27. The first-order chi connectivity index (χ1) is 15.6. The van der Waals surface area contributed by atoms with E-state index in [0.29, 0.717) is 18.0 Å². The van der Waals surface area contributed by atoms with E-state index in [4.69, 9.17) is 9.47 Å². The van der Waals surface area contributed by atoms with Gasteiger partial charge in [0.2, 0.25) is 0 Å². The Morgan fingerprint density at radius 1 is 1.00 bits per heavy atom. The number of benzene rings is 1. The van der Waals surface area contributed by atoms with Crippen LogP contribution in [0.3, 0.4) is 0 Å². The van der Waals surface area contributed by atoms with Crippen LogP contribution in [0, 0.1) is 0 Å². The molecule has 2 saturated heterocycles. The molecule has 1 atom stereocenters. The summed E-state index contributed by atoms with van der Waals surface area (Å²) in [6.45, 7) is 7.68. The van der Waals surface area contributed by atoms with Crippen molar-refractivity contribution in [1.82, 2.24) is 15.1 Å². The first-order valence-corrected chi connectivity index (χ1v) is 12.5. The van der Waals surface area contributed by atoms with Crippen LogP contribution in [0.4, 0.5) is 0 Å². The molecule has 0 aromatic heterocycles. The smallest absolute Gasteiger partial charge is 0.161 e. The predicted molar refractivity (Wildman–Crippen MR) is 127 cm³/mol. The van der Waals surface area contributed by atoms with Gasteiger partial charge in [0.25, 0.3) is 0 Å². The number of ether oxygens (including phenoxy) is 2.